The third-order valence-electron chi connectivity index (χ3n) is 2.67. The molecule has 1 aliphatic rings. The van der Waals surface area contributed by atoms with E-state index in [1.54, 1.807) is 11.1 Å². The van der Waals surface area contributed by atoms with Crippen molar-refractivity contribution in [2.45, 2.75) is 31.0 Å². The molecule has 70 valence electrons. The van der Waals surface area contributed by atoms with Crippen LogP contribution in [0, 0.1) is 0 Å². The van der Waals surface area contributed by atoms with E-state index in [0.717, 1.165) is 5.33 Å². The maximum absolute atomic E-state index is 3.56. The number of aryl methyl sites for hydroxylation is 1. The molecule has 0 saturated heterocycles. The van der Waals surface area contributed by atoms with Crippen LogP contribution < -0.4 is 0 Å². The maximum atomic E-state index is 3.56. The normalized spacial score (nSPS) is 15.5. The summed E-state index contributed by atoms with van der Waals surface area (Å²) in [6.45, 7) is 0. The maximum Gasteiger partial charge on any atom is 0.0286 e. The van der Waals surface area contributed by atoms with Gasteiger partial charge < -0.3 is 0 Å². The van der Waals surface area contributed by atoms with Crippen LogP contribution in [-0.4, -0.2) is 0 Å². The first-order valence-corrected chi connectivity index (χ1v) is 6.59. The summed E-state index contributed by atoms with van der Waals surface area (Å²) in [4.78, 5) is 0. The second kappa shape index (κ2) is 4.14. The molecule has 0 bridgehead atoms. The van der Waals surface area contributed by atoms with Gasteiger partial charge in [-0.25, -0.2) is 0 Å². The Hall–Kier alpha value is 0.180. The minimum absolute atomic E-state index is 0.981. The van der Waals surface area contributed by atoms with Gasteiger partial charge in [-0.15, -0.1) is 0 Å². The Bertz CT molecular complexity index is 301. The van der Waals surface area contributed by atoms with Gasteiger partial charge in [0.1, 0.15) is 0 Å². The van der Waals surface area contributed by atoms with Crippen LogP contribution in [0.15, 0.2) is 16.6 Å². The van der Waals surface area contributed by atoms with Gasteiger partial charge in [0.25, 0.3) is 0 Å². The van der Waals surface area contributed by atoms with Crippen molar-refractivity contribution in [2.24, 2.45) is 0 Å². The number of alkyl halides is 1. The van der Waals surface area contributed by atoms with Crippen LogP contribution >= 0.6 is 31.9 Å². The number of hydrogen-bond acceptors (Lipinski definition) is 0. The van der Waals surface area contributed by atoms with Crippen molar-refractivity contribution >= 4 is 31.9 Å². The van der Waals surface area contributed by atoms with Crippen LogP contribution in [0.2, 0.25) is 0 Å². The van der Waals surface area contributed by atoms with E-state index in [4.69, 9.17) is 0 Å². The quantitative estimate of drug-likeness (QED) is 0.681. The molecule has 0 aromatic heterocycles. The zero-order chi connectivity index (χ0) is 9.26. The van der Waals surface area contributed by atoms with Crippen molar-refractivity contribution in [3.63, 3.8) is 0 Å². The Labute approximate surface area is 96.0 Å². The number of hydrogen-bond donors (Lipinski definition) is 0. The molecule has 0 N–H and O–H groups in total. The van der Waals surface area contributed by atoms with E-state index in [1.807, 2.05) is 0 Å². The van der Waals surface area contributed by atoms with E-state index in [-0.39, 0.29) is 0 Å². The Morgan fingerprint density at radius 2 is 1.92 bits per heavy atom. The summed E-state index contributed by atoms with van der Waals surface area (Å²) >= 11 is 7.11. The van der Waals surface area contributed by atoms with Crippen LogP contribution in [0.3, 0.4) is 0 Å². The lowest BCUT2D eigenvalue weighted by Gasteiger charge is -2.19. The minimum Gasteiger partial charge on any atom is -0.0876 e. The van der Waals surface area contributed by atoms with Crippen LogP contribution in [0.25, 0.3) is 0 Å². The molecule has 0 unspecified atom stereocenters. The zero-order valence-electron chi connectivity index (χ0n) is 7.45. The fraction of sp³-hybridized carbons (Fsp3) is 0.455. The highest BCUT2D eigenvalue weighted by Crippen LogP contribution is 2.29. The number of rotatable bonds is 1. The van der Waals surface area contributed by atoms with Crippen molar-refractivity contribution in [3.8, 4) is 0 Å². The Morgan fingerprint density at radius 3 is 2.69 bits per heavy atom. The first-order valence-electron chi connectivity index (χ1n) is 4.67. The first-order chi connectivity index (χ1) is 6.31. The van der Waals surface area contributed by atoms with Gasteiger partial charge in [-0.2, -0.15) is 0 Å². The molecule has 1 aliphatic carbocycles. The average Bonchev–Trinajstić information content (AvgIpc) is 2.16. The summed E-state index contributed by atoms with van der Waals surface area (Å²) in [6, 6.07) is 4.51. The second-order valence-electron chi connectivity index (χ2n) is 3.54. The second-order valence-corrected chi connectivity index (χ2v) is 5.02. The Balaban J connectivity index is 2.50. The molecule has 1 aromatic rings. The summed E-state index contributed by atoms with van der Waals surface area (Å²) < 4.78 is 1.22. The highest BCUT2D eigenvalue weighted by molar-refractivity contribution is 9.10. The highest BCUT2D eigenvalue weighted by atomic mass is 79.9. The third kappa shape index (κ3) is 1.99. The van der Waals surface area contributed by atoms with Gasteiger partial charge in [-0.05, 0) is 54.5 Å². The van der Waals surface area contributed by atoms with E-state index < -0.39 is 0 Å². The van der Waals surface area contributed by atoms with E-state index in [2.05, 4.69) is 44.0 Å². The molecule has 0 heterocycles. The predicted octanol–water partition coefficient (Wildman–Crippen LogP) is 4.22. The minimum atomic E-state index is 0.981. The molecule has 2 heteroatoms. The average molecular weight is 304 g/mol. The van der Waals surface area contributed by atoms with Gasteiger partial charge >= 0.3 is 0 Å². The molecule has 1 aromatic carbocycles. The lowest BCUT2D eigenvalue weighted by atomic mass is 9.89. The highest BCUT2D eigenvalue weighted by Gasteiger charge is 2.13. The van der Waals surface area contributed by atoms with Crippen LogP contribution in [0.4, 0.5) is 0 Å². The lowest BCUT2D eigenvalue weighted by Crippen LogP contribution is -2.05. The molecule has 0 radical (unpaired) electrons. The number of benzene rings is 1. The predicted molar refractivity (Wildman–Crippen MR) is 63.4 cm³/mol. The summed E-state index contributed by atoms with van der Waals surface area (Å²) in [5.74, 6) is 0. The number of fused-ring (bicyclic) bond motifs is 1. The van der Waals surface area contributed by atoms with Crippen molar-refractivity contribution in [2.75, 3.05) is 0 Å². The molecule has 0 spiro atoms. The van der Waals surface area contributed by atoms with Gasteiger partial charge in [0, 0.05) is 9.80 Å². The van der Waals surface area contributed by atoms with Crippen molar-refractivity contribution in [1.82, 2.24) is 0 Å². The summed E-state index contributed by atoms with van der Waals surface area (Å²) in [5.41, 5.74) is 4.60. The van der Waals surface area contributed by atoms with Crippen molar-refractivity contribution in [1.29, 1.82) is 0 Å². The molecule has 0 nitrogen and oxygen atoms in total. The standard InChI is InChI=1S/C11H12Br2/c12-7-9-6-10(13)5-8-3-1-2-4-11(8)9/h5-6H,1-4,7H2. The molecule has 0 amide bonds. The van der Waals surface area contributed by atoms with E-state index in [0.29, 0.717) is 0 Å². The summed E-state index contributed by atoms with van der Waals surface area (Å²) in [6.07, 6.45) is 5.23. The SMILES string of the molecule is BrCc1cc(Br)cc2c1CCCC2. The zero-order valence-corrected chi connectivity index (χ0v) is 10.6. The van der Waals surface area contributed by atoms with Crippen molar-refractivity contribution < 1.29 is 0 Å². The molecule has 0 aliphatic heterocycles. The largest absolute Gasteiger partial charge is 0.0876 e. The molecule has 2 rings (SSSR count). The van der Waals surface area contributed by atoms with Gasteiger partial charge in [0.05, 0.1) is 0 Å². The topological polar surface area (TPSA) is 0 Å². The number of halogens is 2. The monoisotopic (exact) mass is 302 g/mol. The summed E-state index contributed by atoms with van der Waals surface area (Å²) in [7, 11) is 0. The van der Waals surface area contributed by atoms with Gasteiger partial charge in [-0.1, -0.05) is 31.9 Å². The Kier molecular flexibility index (Phi) is 3.10. The molecular formula is C11H12Br2. The molecule has 0 fully saturated rings. The van der Waals surface area contributed by atoms with E-state index in [1.165, 1.54) is 35.7 Å². The fourth-order valence-electron chi connectivity index (χ4n) is 2.04. The smallest absolute Gasteiger partial charge is 0.0286 e. The van der Waals surface area contributed by atoms with E-state index >= 15 is 0 Å². The molecule has 0 atom stereocenters. The molecule has 0 saturated carbocycles. The van der Waals surface area contributed by atoms with Gasteiger partial charge in [0.15, 0.2) is 0 Å². The molecule has 13 heavy (non-hydrogen) atoms. The van der Waals surface area contributed by atoms with E-state index in [9.17, 15) is 0 Å². The van der Waals surface area contributed by atoms with Crippen molar-refractivity contribution in [3.05, 3.63) is 33.3 Å². The van der Waals surface area contributed by atoms with Gasteiger partial charge in [-0.3, -0.25) is 0 Å². The molecular weight excluding hydrogens is 292 g/mol. The first kappa shape index (κ1) is 9.72. The Morgan fingerprint density at radius 1 is 1.15 bits per heavy atom. The third-order valence-corrected chi connectivity index (χ3v) is 3.73. The fourth-order valence-corrected chi connectivity index (χ4v) is 3.09. The van der Waals surface area contributed by atoms with Crippen LogP contribution in [0.5, 0.6) is 0 Å². The van der Waals surface area contributed by atoms with Crippen LogP contribution in [-0.2, 0) is 18.2 Å². The van der Waals surface area contributed by atoms with Gasteiger partial charge in [0.2, 0.25) is 0 Å². The van der Waals surface area contributed by atoms with Crippen LogP contribution in [0.1, 0.15) is 29.5 Å². The summed E-state index contributed by atoms with van der Waals surface area (Å²) in [5, 5.41) is 0.981. The lowest BCUT2D eigenvalue weighted by molar-refractivity contribution is 0.681.